The van der Waals surface area contributed by atoms with Crippen LogP contribution >= 0.6 is 0 Å². The molecule has 0 saturated carbocycles. The number of hydrogen-bond acceptors (Lipinski definition) is 5. The Morgan fingerprint density at radius 3 is 2.45 bits per heavy atom. The van der Waals surface area contributed by atoms with Crippen molar-refractivity contribution in [2.75, 3.05) is 36.1 Å². The lowest BCUT2D eigenvalue weighted by Crippen LogP contribution is -2.42. The molecule has 1 aliphatic heterocycles. The summed E-state index contributed by atoms with van der Waals surface area (Å²) in [5.74, 6) is 0.0278. The second-order valence-corrected chi connectivity index (χ2v) is 7.85. The highest BCUT2D eigenvalue weighted by atomic mass is 32.2. The zero-order chi connectivity index (χ0) is 16.2. The van der Waals surface area contributed by atoms with Gasteiger partial charge in [0.2, 0.25) is 0 Å². The van der Waals surface area contributed by atoms with E-state index in [9.17, 15) is 13.2 Å². The van der Waals surface area contributed by atoms with Gasteiger partial charge in [-0.05, 0) is 13.8 Å². The average molecular weight is 327 g/mol. The first-order valence-electron chi connectivity index (χ1n) is 7.52. The number of hydrogen-bond donors (Lipinski definition) is 0. The number of carbonyl (C=O) groups is 1. The van der Waals surface area contributed by atoms with E-state index in [4.69, 9.17) is 4.74 Å². The van der Waals surface area contributed by atoms with Gasteiger partial charge < -0.3 is 9.64 Å². The van der Waals surface area contributed by atoms with Crippen molar-refractivity contribution in [1.29, 1.82) is 0 Å². The molecular formula is C15H23N2O4S+. The zero-order valence-corrected chi connectivity index (χ0v) is 13.9. The third-order valence-corrected chi connectivity index (χ3v) is 5.37. The summed E-state index contributed by atoms with van der Waals surface area (Å²) in [6.45, 7) is 5.66. The normalized spacial score (nSPS) is 18.7. The number of aromatic nitrogens is 1. The van der Waals surface area contributed by atoms with Crippen LogP contribution in [0.5, 0.6) is 0 Å². The maximum atomic E-state index is 11.6. The molecule has 1 aromatic heterocycles. The van der Waals surface area contributed by atoms with Crippen LogP contribution in [0.25, 0.3) is 0 Å². The van der Waals surface area contributed by atoms with Gasteiger partial charge in [-0.1, -0.05) is 0 Å². The van der Waals surface area contributed by atoms with Gasteiger partial charge in [-0.15, -0.1) is 0 Å². The Bertz CT molecular complexity index is 599. The number of rotatable bonds is 5. The second-order valence-electron chi connectivity index (χ2n) is 5.55. The van der Waals surface area contributed by atoms with Gasteiger partial charge in [0.05, 0.1) is 18.1 Å². The molecule has 122 valence electrons. The Labute approximate surface area is 131 Å². The number of carbonyl (C=O) groups excluding carboxylic acids is 1. The molecule has 1 atom stereocenters. The summed E-state index contributed by atoms with van der Waals surface area (Å²) in [5.41, 5.74) is 1.01. The zero-order valence-electron chi connectivity index (χ0n) is 13.1. The molecule has 1 fully saturated rings. The minimum atomic E-state index is -2.86. The number of anilines is 1. The van der Waals surface area contributed by atoms with Crippen molar-refractivity contribution in [1.82, 2.24) is 0 Å². The summed E-state index contributed by atoms with van der Waals surface area (Å²) < 4.78 is 29.8. The predicted molar refractivity (Wildman–Crippen MR) is 83.3 cm³/mol. The highest BCUT2D eigenvalue weighted by molar-refractivity contribution is 7.91. The van der Waals surface area contributed by atoms with Crippen LogP contribution in [0.4, 0.5) is 5.69 Å². The van der Waals surface area contributed by atoms with Crippen molar-refractivity contribution >= 4 is 21.5 Å². The summed E-state index contributed by atoms with van der Waals surface area (Å²) in [5, 5.41) is 0. The lowest BCUT2D eigenvalue weighted by molar-refractivity contribution is -0.700. The van der Waals surface area contributed by atoms with Crippen molar-refractivity contribution in [3.05, 3.63) is 24.5 Å². The molecule has 2 heterocycles. The molecule has 0 bridgehead atoms. The number of pyridine rings is 1. The standard InChI is InChI=1S/C15H23N2O4S/c1-3-21-15(18)13(2)12-16-6-4-14(5-7-16)17-8-10-22(19,20)11-9-17/h4-7,13H,3,8-12H2,1-2H3/q+1. The molecule has 0 aromatic carbocycles. The Hall–Kier alpha value is -1.63. The monoisotopic (exact) mass is 327 g/mol. The van der Waals surface area contributed by atoms with E-state index >= 15 is 0 Å². The SMILES string of the molecule is CCOC(=O)C(C)C[n+]1ccc(N2CCS(=O)(=O)CC2)cc1. The van der Waals surface area contributed by atoms with Crippen LogP contribution in [0, 0.1) is 5.92 Å². The molecule has 0 aliphatic carbocycles. The Balaban J connectivity index is 1.94. The minimum Gasteiger partial charge on any atom is -0.466 e. The molecule has 1 saturated heterocycles. The molecule has 1 unspecified atom stereocenters. The molecule has 0 radical (unpaired) electrons. The topological polar surface area (TPSA) is 67.6 Å². The van der Waals surface area contributed by atoms with Gasteiger partial charge in [0.25, 0.3) is 0 Å². The first kappa shape index (κ1) is 16.7. The predicted octanol–water partition coefficient (Wildman–Crippen LogP) is 0.408. The van der Waals surface area contributed by atoms with Crippen molar-refractivity contribution in [2.24, 2.45) is 5.92 Å². The fourth-order valence-electron chi connectivity index (χ4n) is 2.43. The molecule has 6 nitrogen and oxygen atoms in total. The van der Waals surface area contributed by atoms with Gasteiger partial charge in [-0.2, -0.15) is 0 Å². The molecule has 1 aliphatic rings. The summed E-state index contributed by atoms with van der Waals surface area (Å²) in [6.07, 6.45) is 3.82. The van der Waals surface area contributed by atoms with Gasteiger partial charge >= 0.3 is 5.97 Å². The lowest BCUT2D eigenvalue weighted by Gasteiger charge is -2.28. The lowest BCUT2D eigenvalue weighted by atomic mass is 10.2. The maximum Gasteiger partial charge on any atom is 0.315 e. The summed E-state index contributed by atoms with van der Waals surface area (Å²) in [6, 6.07) is 3.91. The molecule has 2 rings (SSSR count). The Morgan fingerprint density at radius 1 is 1.32 bits per heavy atom. The quantitative estimate of drug-likeness (QED) is 0.579. The minimum absolute atomic E-state index is 0.194. The number of esters is 1. The number of sulfone groups is 1. The Morgan fingerprint density at radius 2 is 1.91 bits per heavy atom. The third kappa shape index (κ3) is 4.43. The summed E-state index contributed by atoms with van der Waals surface area (Å²) in [7, 11) is -2.86. The van der Waals surface area contributed by atoms with E-state index in [0.29, 0.717) is 26.2 Å². The average Bonchev–Trinajstić information content (AvgIpc) is 2.48. The highest BCUT2D eigenvalue weighted by Gasteiger charge is 2.23. The van der Waals surface area contributed by atoms with E-state index in [2.05, 4.69) is 4.90 Å². The summed E-state index contributed by atoms with van der Waals surface area (Å²) >= 11 is 0. The van der Waals surface area contributed by atoms with Crippen molar-refractivity contribution in [3.8, 4) is 0 Å². The third-order valence-electron chi connectivity index (χ3n) is 3.76. The van der Waals surface area contributed by atoms with E-state index in [1.165, 1.54) is 0 Å². The first-order valence-corrected chi connectivity index (χ1v) is 9.34. The molecule has 22 heavy (non-hydrogen) atoms. The highest BCUT2D eigenvalue weighted by Crippen LogP contribution is 2.15. The van der Waals surface area contributed by atoms with Crippen LogP contribution in [-0.2, 0) is 25.9 Å². The molecule has 0 N–H and O–H groups in total. The molecular weight excluding hydrogens is 304 g/mol. The van der Waals surface area contributed by atoms with Gasteiger partial charge in [0.15, 0.2) is 28.8 Å². The van der Waals surface area contributed by atoms with Gasteiger partial charge in [0.1, 0.15) is 5.92 Å². The fourth-order valence-corrected chi connectivity index (χ4v) is 3.63. The molecule has 1 aromatic rings. The molecule has 0 amide bonds. The van der Waals surface area contributed by atoms with Crippen LogP contribution in [-0.4, -0.2) is 45.6 Å². The van der Waals surface area contributed by atoms with Crippen molar-refractivity contribution in [2.45, 2.75) is 20.4 Å². The van der Waals surface area contributed by atoms with Gasteiger partial charge in [0, 0.05) is 30.9 Å². The fraction of sp³-hybridized carbons (Fsp3) is 0.600. The molecule has 7 heteroatoms. The van der Waals surface area contributed by atoms with Crippen LogP contribution in [0.15, 0.2) is 24.5 Å². The summed E-state index contributed by atoms with van der Waals surface area (Å²) in [4.78, 5) is 13.7. The number of nitrogens with zero attached hydrogens (tertiary/aromatic N) is 2. The largest absolute Gasteiger partial charge is 0.466 e. The van der Waals surface area contributed by atoms with Crippen molar-refractivity contribution in [3.63, 3.8) is 0 Å². The van der Waals surface area contributed by atoms with Crippen LogP contribution in [0.1, 0.15) is 13.8 Å². The number of ether oxygens (including phenoxy) is 1. The molecule has 0 spiro atoms. The maximum absolute atomic E-state index is 11.6. The van der Waals surface area contributed by atoms with E-state index < -0.39 is 9.84 Å². The van der Waals surface area contributed by atoms with Crippen LogP contribution in [0.2, 0.25) is 0 Å². The Kier molecular flexibility index (Phi) is 5.39. The van der Waals surface area contributed by atoms with Crippen molar-refractivity contribution < 1.29 is 22.5 Å². The smallest absolute Gasteiger partial charge is 0.315 e. The van der Waals surface area contributed by atoms with E-state index in [1.807, 2.05) is 36.0 Å². The first-order chi connectivity index (χ1) is 10.4. The van der Waals surface area contributed by atoms with Crippen LogP contribution < -0.4 is 9.47 Å². The van der Waals surface area contributed by atoms with E-state index in [-0.39, 0.29) is 23.4 Å². The van der Waals surface area contributed by atoms with Gasteiger partial charge in [-0.25, -0.2) is 13.0 Å². The van der Waals surface area contributed by atoms with E-state index in [0.717, 1.165) is 5.69 Å². The van der Waals surface area contributed by atoms with Crippen LogP contribution in [0.3, 0.4) is 0 Å². The van der Waals surface area contributed by atoms with E-state index in [1.54, 1.807) is 6.92 Å². The van der Waals surface area contributed by atoms with Gasteiger partial charge in [-0.3, -0.25) is 4.79 Å². The second kappa shape index (κ2) is 7.09.